The van der Waals surface area contributed by atoms with Crippen molar-refractivity contribution >= 4 is 12.2 Å². The Labute approximate surface area is 91.9 Å². The smallest absolute Gasteiger partial charge is 0.256 e. The lowest BCUT2D eigenvalue weighted by Gasteiger charge is -2.07. The van der Waals surface area contributed by atoms with Crippen molar-refractivity contribution in [1.29, 1.82) is 0 Å². The number of carbonyl (C=O) groups excluding carboxylic acids is 2. The lowest BCUT2D eigenvalue weighted by atomic mass is 10.2. The molecule has 0 aliphatic carbocycles. The van der Waals surface area contributed by atoms with Crippen molar-refractivity contribution in [2.75, 3.05) is 6.54 Å². The lowest BCUT2D eigenvalue weighted by Crippen LogP contribution is -2.32. The number of nitrogens with zero attached hydrogens (tertiary/aromatic N) is 1. The molecule has 0 bridgehead atoms. The second-order valence-electron chi connectivity index (χ2n) is 3.19. The normalized spacial score (nSPS) is 11.9. The molecule has 1 rings (SSSR count). The molecule has 0 aliphatic heterocycles. The zero-order valence-electron chi connectivity index (χ0n) is 8.60. The van der Waals surface area contributed by atoms with Gasteiger partial charge in [-0.3, -0.25) is 14.6 Å². The van der Waals surface area contributed by atoms with E-state index in [2.05, 4.69) is 10.3 Å². The maximum Gasteiger partial charge on any atom is 0.256 e. The van der Waals surface area contributed by atoms with Crippen LogP contribution < -0.4 is 5.32 Å². The number of aromatic nitrogens is 1. The van der Waals surface area contributed by atoms with Gasteiger partial charge in [0.15, 0.2) is 0 Å². The van der Waals surface area contributed by atoms with Gasteiger partial charge >= 0.3 is 0 Å². The molecule has 85 valence electrons. The molecule has 0 aliphatic rings. The summed E-state index contributed by atoms with van der Waals surface area (Å²) in [5.41, 5.74) is 0.569. The van der Waals surface area contributed by atoms with Crippen LogP contribution >= 0.6 is 0 Å². The zero-order chi connectivity index (χ0) is 12.1. The van der Waals surface area contributed by atoms with Gasteiger partial charge in [0.05, 0.1) is 12.1 Å². The Morgan fingerprint density at radius 1 is 1.69 bits per heavy atom. The van der Waals surface area contributed by atoms with E-state index in [4.69, 9.17) is 5.11 Å². The van der Waals surface area contributed by atoms with Gasteiger partial charge in [-0.05, 0) is 6.92 Å². The Bertz CT molecular complexity index is 406. The minimum absolute atomic E-state index is 0.0105. The molecule has 3 N–H and O–H groups in total. The SMILES string of the molecule is Cc1cc(O)c(C(=O)NCC(O)[C]=O)cn1. The summed E-state index contributed by atoms with van der Waals surface area (Å²) in [6.45, 7) is 1.42. The number of aliphatic hydroxyl groups excluding tert-OH is 1. The zero-order valence-corrected chi connectivity index (χ0v) is 8.60. The van der Waals surface area contributed by atoms with Crippen LogP contribution in [0.25, 0.3) is 0 Å². The van der Waals surface area contributed by atoms with Crippen LogP contribution in [-0.2, 0) is 4.79 Å². The van der Waals surface area contributed by atoms with Crippen molar-refractivity contribution in [1.82, 2.24) is 10.3 Å². The number of hydrogen-bond acceptors (Lipinski definition) is 5. The van der Waals surface area contributed by atoms with E-state index >= 15 is 0 Å². The van der Waals surface area contributed by atoms with Crippen molar-refractivity contribution < 1.29 is 19.8 Å². The second kappa shape index (κ2) is 5.22. The quantitative estimate of drug-likeness (QED) is 0.626. The summed E-state index contributed by atoms with van der Waals surface area (Å²) >= 11 is 0. The van der Waals surface area contributed by atoms with Crippen LogP contribution in [0, 0.1) is 6.92 Å². The number of rotatable bonds is 4. The monoisotopic (exact) mass is 223 g/mol. The maximum atomic E-state index is 11.4. The fourth-order valence-corrected chi connectivity index (χ4v) is 1.05. The molecule has 1 unspecified atom stereocenters. The highest BCUT2D eigenvalue weighted by Crippen LogP contribution is 2.15. The summed E-state index contributed by atoms with van der Waals surface area (Å²) in [6, 6.07) is 1.34. The number of pyridine rings is 1. The van der Waals surface area contributed by atoms with E-state index in [1.165, 1.54) is 18.5 Å². The largest absolute Gasteiger partial charge is 0.507 e. The summed E-state index contributed by atoms with van der Waals surface area (Å²) in [5, 5.41) is 20.6. The first kappa shape index (κ1) is 12.1. The van der Waals surface area contributed by atoms with E-state index in [0.29, 0.717) is 5.69 Å². The highest BCUT2D eigenvalue weighted by Gasteiger charge is 2.13. The third-order valence-electron chi connectivity index (χ3n) is 1.86. The standard InChI is InChI=1S/C10H11N2O4/c1-6-2-9(15)8(4-11-6)10(16)12-3-7(14)5-13/h2,4,7,14H,3H2,1H3,(H,11,15)(H,12,16). The lowest BCUT2D eigenvalue weighted by molar-refractivity contribution is 0.0933. The first-order valence-electron chi connectivity index (χ1n) is 4.54. The van der Waals surface area contributed by atoms with Gasteiger partial charge in [0.2, 0.25) is 6.29 Å². The molecule has 6 nitrogen and oxygen atoms in total. The molecule has 0 fully saturated rings. The summed E-state index contributed by atoms with van der Waals surface area (Å²) in [4.78, 5) is 25.3. The highest BCUT2D eigenvalue weighted by molar-refractivity contribution is 5.96. The minimum Gasteiger partial charge on any atom is -0.507 e. The Balaban J connectivity index is 2.69. The predicted molar refractivity (Wildman–Crippen MR) is 54.7 cm³/mol. The summed E-state index contributed by atoms with van der Waals surface area (Å²) < 4.78 is 0. The molecule has 0 spiro atoms. The molecule has 16 heavy (non-hydrogen) atoms. The van der Waals surface area contributed by atoms with Crippen molar-refractivity contribution in [3.05, 3.63) is 23.5 Å². The van der Waals surface area contributed by atoms with Crippen molar-refractivity contribution in [3.8, 4) is 5.75 Å². The number of aromatic hydroxyl groups is 1. The van der Waals surface area contributed by atoms with Gasteiger partial charge in [0, 0.05) is 18.0 Å². The van der Waals surface area contributed by atoms with Crippen molar-refractivity contribution in [3.63, 3.8) is 0 Å². The van der Waals surface area contributed by atoms with Gasteiger partial charge < -0.3 is 15.5 Å². The topological polar surface area (TPSA) is 99.5 Å². The molecule has 6 heteroatoms. The molecule has 1 atom stereocenters. The van der Waals surface area contributed by atoms with Crippen LogP contribution in [0.5, 0.6) is 5.75 Å². The molecule has 0 saturated carbocycles. The average molecular weight is 223 g/mol. The number of hydrogen-bond donors (Lipinski definition) is 3. The summed E-state index contributed by atoms with van der Waals surface area (Å²) in [6.07, 6.45) is 1.16. The van der Waals surface area contributed by atoms with Crippen LogP contribution in [0.4, 0.5) is 0 Å². The van der Waals surface area contributed by atoms with Gasteiger partial charge in [-0.1, -0.05) is 0 Å². The fourth-order valence-electron chi connectivity index (χ4n) is 1.05. The highest BCUT2D eigenvalue weighted by atomic mass is 16.3. The van der Waals surface area contributed by atoms with Crippen LogP contribution in [-0.4, -0.2) is 40.0 Å². The minimum atomic E-state index is -1.37. The van der Waals surface area contributed by atoms with E-state index in [-0.39, 0.29) is 17.9 Å². The fraction of sp³-hybridized carbons (Fsp3) is 0.300. The van der Waals surface area contributed by atoms with Crippen molar-refractivity contribution in [2.24, 2.45) is 0 Å². The molecular weight excluding hydrogens is 212 g/mol. The summed E-state index contributed by atoms with van der Waals surface area (Å²) in [7, 11) is 0. The van der Waals surface area contributed by atoms with Crippen LogP contribution in [0.1, 0.15) is 16.1 Å². The van der Waals surface area contributed by atoms with Crippen LogP contribution in [0.2, 0.25) is 0 Å². The van der Waals surface area contributed by atoms with Crippen LogP contribution in [0.15, 0.2) is 12.3 Å². The van der Waals surface area contributed by atoms with Crippen LogP contribution in [0.3, 0.4) is 0 Å². The number of aryl methyl sites for hydroxylation is 1. The third kappa shape index (κ3) is 3.03. The number of carbonyl (C=O) groups is 1. The van der Waals surface area contributed by atoms with E-state index in [0.717, 1.165) is 0 Å². The molecule has 0 aromatic carbocycles. The molecule has 1 aromatic heterocycles. The van der Waals surface area contributed by atoms with Gasteiger partial charge in [-0.15, -0.1) is 0 Å². The Hall–Kier alpha value is -1.95. The first-order valence-corrected chi connectivity index (χ1v) is 4.54. The molecule has 1 heterocycles. The van der Waals surface area contributed by atoms with E-state index in [1.54, 1.807) is 6.92 Å². The number of amides is 1. The molecule has 1 aromatic rings. The number of aliphatic hydroxyl groups is 1. The summed E-state index contributed by atoms with van der Waals surface area (Å²) in [5.74, 6) is -0.811. The first-order chi connectivity index (χ1) is 7.54. The Morgan fingerprint density at radius 3 is 2.94 bits per heavy atom. The maximum absolute atomic E-state index is 11.4. The van der Waals surface area contributed by atoms with Gasteiger partial charge in [0.1, 0.15) is 11.9 Å². The number of nitrogens with one attached hydrogen (secondary N) is 1. The van der Waals surface area contributed by atoms with E-state index in [1.807, 2.05) is 0 Å². The Morgan fingerprint density at radius 2 is 2.38 bits per heavy atom. The molecule has 0 saturated heterocycles. The predicted octanol–water partition coefficient (Wildman–Crippen LogP) is -0.704. The Kier molecular flexibility index (Phi) is 3.96. The van der Waals surface area contributed by atoms with E-state index < -0.39 is 12.0 Å². The van der Waals surface area contributed by atoms with Gasteiger partial charge in [0.25, 0.3) is 5.91 Å². The third-order valence-corrected chi connectivity index (χ3v) is 1.86. The van der Waals surface area contributed by atoms with Gasteiger partial charge in [-0.25, -0.2) is 0 Å². The second-order valence-corrected chi connectivity index (χ2v) is 3.19. The molecular formula is C10H11N2O4. The van der Waals surface area contributed by atoms with Gasteiger partial charge in [-0.2, -0.15) is 0 Å². The van der Waals surface area contributed by atoms with Crippen molar-refractivity contribution in [2.45, 2.75) is 13.0 Å². The molecule has 1 amide bonds. The molecule has 1 radical (unpaired) electrons. The van der Waals surface area contributed by atoms with E-state index in [9.17, 15) is 14.7 Å². The average Bonchev–Trinajstić information content (AvgIpc) is 2.25.